The molecule has 5 rings (SSSR count). The number of nitrogens with zero attached hydrogens (tertiary/aromatic N) is 2. The van der Waals surface area contributed by atoms with E-state index < -0.39 is 11.8 Å². The van der Waals surface area contributed by atoms with Crippen LogP contribution in [0.3, 0.4) is 0 Å². The SMILES string of the molecule is C=C(/C=c1/nc(-c2cccc(C3(O)COC3)n2)cc/c1=C/C)CNC(=O)c1ccc2c(c1)C(F)COC2.CC. The average Bonchev–Trinajstić information content (AvgIpc) is 2.96. The molecule has 1 aromatic carbocycles. The number of aliphatic hydroxyl groups is 1. The minimum Gasteiger partial charge on any atom is -0.379 e. The van der Waals surface area contributed by atoms with Crippen LogP contribution in [-0.4, -0.2) is 47.3 Å². The summed E-state index contributed by atoms with van der Waals surface area (Å²) in [5, 5.41) is 15.0. The number of nitrogens with one attached hydrogen (secondary N) is 1. The first-order chi connectivity index (χ1) is 18.9. The Kier molecular flexibility index (Phi) is 9.01. The van der Waals surface area contributed by atoms with Gasteiger partial charge in [0, 0.05) is 12.1 Å². The van der Waals surface area contributed by atoms with E-state index in [1.807, 2.05) is 57.2 Å². The van der Waals surface area contributed by atoms with Crippen LogP contribution < -0.4 is 15.9 Å². The van der Waals surface area contributed by atoms with E-state index in [0.29, 0.717) is 45.7 Å². The molecule has 2 aromatic heterocycles. The Bertz CT molecular complexity index is 1480. The Labute approximate surface area is 227 Å². The number of pyridine rings is 2. The molecule has 0 bridgehead atoms. The summed E-state index contributed by atoms with van der Waals surface area (Å²) in [7, 11) is 0. The molecule has 3 aromatic rings. The number of carbonyl (C=O) groups is 1. The number of aromatic nitrogens is 2. The zero-order valence-corrected chi connectivity index (χ0v) is 22.5. The van der Waals surface area contributed by atoms with Gasteiger partial charge < -0.3 is 19.9 Å². The van der Waals surface area contributed by atoms with Gasteiger partial charge >= 0.3 is 0 Å². The highest BCUT2D eigenvalue weighted by Crippen LogP contribution is 2.29. The second-order valence-electron chi connectivity index (χ2n) is 9.27. The van der Waals surface area contributed by atoms with Gasteiger partial charge in [-0.15, -0.1) is 0 Å². The molecule has 39 heavy (non-hydrogen) atoms. The van der Waals surface area contributed by atoms with Gasteiger partial charge in [-0.25, -0.2) is 14.4 Å². The first kappa shape index (κ1) is 28.3. The number of alkyl halides is 1. The van der Waals surface area contributed by atoms with Crippen LogP contribution in [0.2, 0.25) is 0 Å². The summed E-state index contributed by atoms with van der Waals surface area (Å²) >= 11 is 0. The van der Waals surface area contributed by atoms with Crippen molar-refractivity contribution in [3.8, 4) is 11.4 Å². The predicted molar refractivity (Wildman–Crippen MR) is 149 cm³/mol. The van der Waals surface area contributed by atoms with Crippen LogP contribution in [0.4, 0.5) is 4.39 Å². The molecule has 2 aliphatic rings. The third-order valence-electron chi connectivity index (χ3n) is 6.52. The van der Waals surface area contributed by atoms with Crippen molar-refractivity contribution in [1.82, 2.24) is 15.3 Å². The third kappa shape index (κ3) is 6.30. The van der Waals surface area contributed by atoms with E-state index in [-0.39, 0.29) is 32.3 Å². The van der Waals surface area contributed by atoms with Crippen molar-refractivity contribution in [2.45, 2.75) is 39.2 Å². The minimum atomic E-state index is -1.23. The molecule has 2 N–H and O–H groups in total. The fourth-order valence-corrected chi connectivity index (χ4v) is 4.33. The first-order valence-corrected chi connectivity index (χ1v) is 13.1. The van der Waals surface area contributed by atoms with Crippen molar-refractivity contribution < 1.29 is 23.8 Å². The fourth-order valence-electron chi connectivity index (χ4n) is 4.33. The van der Waals surface area contributed by atoms with E-state index in [1.165, 1.54) is 0 Å². The van der Waals surface area contributed by atoms with Crippen LogP contribution in [0, 0.1) is 0 Å². The highest BCUT2D eigenvalue weighted by molar-refractivity contribution is 5.94. The zero-order chi connectivity index (χ0) is 28.0. The van der Waals surface area contributed by atoms with Gasteiger partial charge in [-0.1, -0.05) is 44.7 Å². The van der Waals surface area contributed by atoms with Crippen LogP contribution in [0.15, 0.2) is 60.7 Å². The number of rotatable bonds is 6. The van der Waals surface area contributed by atoms with Crippen LogP contribution in [0.25, 0.3) is 23.5 Å². The van der Waals surface area contributed by atoms with Crippen molar-refractivity contribution in [2.75, 3.05) is 26.4 Å². The second-order valence-corrected chi connectivity index (χ2v) is 9.27. The fraction of sp³-hybridized carbons (Fsp3) is 0.323. The van der Waals surface area contributed by atoms with Crippen LogP contribution in [0.5, 0.6) is 0 Å². The quantitative estimate of drug-likeness (QED) is 0.506. The largest absolute Gasteiger partial charge is 0.379 e. The Morgan fingerprint density at radius 3 is 2.64 bits per heavy atom. The lowest BCUT2D eigenvalue weighted by atomic mass is 9.97. The standard InChI is InChI=1S/C29H28FN3O4.C2H6/c1-3-19-9-10-25(24-5-4-6-27(33-24)29(35)16-37-17-29)32-26(19)11-18(2)13-31-28(34)20-7-8-21-14-36-15-23(30)22(21)12-20;1-2/h3-12,23,35H,2,13-17H2,1H3,(H,31,34);1-2H3/b19-3-,26-11+;. The maximum absolute atomic E-state index is 14.2. The average molecular weight is 532 g/mol. The molecule has 204 valence electrons. The van der Waals surface area contributed by atoms with Crippen LogP contribution >= 0.6 is 0 Å². The number of halogens is 1. The summed E-state index contributed by atoms with van der Waals surface area (Å²) < 4.78 is 24.6. The maximum Gasteiger partial charge on any atom is 0.251 e. The smallest absolute Gasteiger partial charge is 0.251 e. The van der Waals surface area contributed by atoms with Gasteiger partial charge in [0.2, 0.25) is 0 Å². The molecule has 1 fully saturated rings. The molecule has 1 unspecified atom stereocenters. The molecule has 4 heterocycles. The molecular formula is C31H34FN3O4. The second kappa shape index (κ2) is 12.4. The number of fused-ring (bicyclic) bond motifs is 1. The lowest BCUT2D eigenvalue weighted by Crippen LogP contribution is -2.47. The van der Waals surface area contributed by atoms with E-state index >= 15 is 0 Å². The highest BCUT2D eigenvalue weighted by Gasteiger charge is 2.39. The molecule has 0 radical (unpaired) electrons. The Balaban J connectivity index is 0.00000172. The number of amides is 1. The number of hydrogen-bond acceptors (Lipinski definition) is 6. The summed E-state index contributed by atoms with van der Waals surface area (Å²) in [6, 6.07) is 14.3. The highest BCUT2D eigenvalue weighted by atomic mass is 19.1. The van der Waals surface area contributed by atoms with E-state index in [4.69, 9.17) is 14.5 Å². The van der Waals surface area contributed by atoms with E-state index in [1.54, 1.807) is 24.3 Å². The summed E-state index contributed by atoms with van der Waals surface area (Å²) in [5.41, 5.74) is 3.08. The van der Waals surface area contributed by atoms with Crippen LogP contribution in [-0.2, 0) is 21.7 Å². The van der Waals surface area contributed by atoms with Crippen molar-refractivity contribution in [1.29, 1.82) is 0 Å². The Hall–Kier alpha value is -3.72. The molecule has 1 amide bonds. The van der Waals surface area contributed by atoms with E-state index in [2.05, 4.69) is 16.9 Å². The van der Waals surface area contributed by atoms with Gasteiger partial charge in [0.15, 0.2) is 5.60 Å². The first-order valence-electron chi connectivity index (χ1n) is 13.1. The maximum atomic E-state index is 14.2. The van der Waals surface area contributed by atoms with Gasteiger partial charge in [-0.3, -0.25) is 4.79 Å². The molecule has 7 nitrogen and oxygen atoms in total. The van der Waals surface area contributed by atoms with Crippen molar-refractivity contribution in [2.24, 2.45) is 0 Å². The van der Waals surface area contributed by atoms with Gasteiger partial charge in [-0.05, 0) is 65.3 Å². The monoisotopic (exact) mass is 531 g/mol. The summed E-state index contributed by atoms with van der Waals surface area (Å²) in [5.74, 6) is -0.307. The van der Waals surface area contributed by atoms with Gasteiger partial charge in [0.1, 0.15) is 6.17 Å². The molecule has 0 spiro atoms. The number of hydrogen-bond donors (Lipinski definition) is 2. The molecule has 0 aliphatic carbocycles. The zero-order valence-electron chi connectivity index (χ0n) is 22.5. The topological polar surface area (TPSA) is 93.6 Å². The Morgan fingerprint density at radius 1 is 1.15 bits per heavy atom. The normalized spacial score (nSPS) is 18.3. The summed E-state index contributed by atoms with van der Waals surface area (Å²) in [4.78, 5) is 22.1. The summed E-state index contributed by atoms with van der Waals surface area (Å²) in [6.07, 6.45) is 2.52. The molecule has 0 saturated carbocycles. The molecule has 1 atom stereocenters. The number of ether oxygens (including phenoxy) is 2. The van der Waals surface area contributed by atoms with Gasteiger partial charge in [-0.2, -0.15) is 0 Å². The number of benzene rings is 1. The predicted octanol–water partition coefficient (Wildman–Crippen LogP) is 3.50. The lowest BCUT2D eigenvalue weighted by Gasteiger charge is -2.35. The van der Waals surface area contributed by atoms with Gasteiger partial charge in [0.05, 0.1) is 48.9 Å². The molecule has 2 aliphatic heterocycles. The van der Waals surface area contributed by atoms with E-state index in [0.717, 1.165) is 10.8 Å². The minimum absolute atomic E-state index is 0.00177. The van der Waals surface area contributed by atoms with Crippen molar-refractivity contribution in [3.63, 3.8) is 0 Å². The Morgan fingerprint density at radius 2 is 1.92 bits per heavy atom. The van der Waals surface area contributed by atoms with Crippen molar-refractivity contribution in [3.05, 3.63) is 93.6 Å². The van der Waals surface area contributed by atoms with Crippen molar-refractivity contribution >= 4 is 18.1 Å². The molecule has 8 heteroatoms. The molecule has 1 saturated heterocycles. The lowest BCUT2D eigenvalue weighted by molar-refractivity contribution is -0.186. The molecular weight excluding hydrogens is 497 g/mol. The summed E-state index contributed by atoms with van der Waals surface area (Å²) in [6.45, 7) is 11.0. The van der Waals surface area contributed by atoms with E-state index in [9.17, 15) is 14.3 Å². The number of carbonyl (C=O) groups excluding carboxylic acids is 1. The van der Waals surface area contributed by atoms with Gasteiger partial charge in [0.25, 0.3) is 5.91 Å². The third-order valence-corrected chi connectivity index (χ3v) is 6.52. The van der Waals surface area contributed by atoms with Crippen LogP contribution in [0.1, 0.15) is 54.1 Å².